The number of piperidine rings is 1. The summed E-state index contributed by atoms with van der Waals surface area (Å²) < 4.78 is 13.6. The maximum Gasteiger partial charge on any atom is 0.155 e. The molecule has 0 amide bonds. The number of carbonyl (C=O) groups is 1. The van der Waals surface area contributed by atoms with Gasteiger partial charge >= 0.3 is 0 Å². The van der Waals surface area contributed by atoms with Crippen molar-refractivity contribution < 1.29 is 9.18 Å². The first kappa shape index (κ1) is 12.1. The van der Waals surface area contributed by atoms with Crippen molar-refractivity contribution in [3.63, 3.8) is 0 Å². The number of benzene rings is 1. The van der Waals surface area contributed by atoms with Crippen molar-refractivity contribution in [2.75, 3.05) is 11.4 Å². The molecule has 0 radical (unpaired) electrons. The monoisotopic (exact) mass is 235 g/mol. The molecule has 1 aliphatic heterocycles. The Morgan fingerprint density at radius 2 is 2.18 bits per heavy atom. The standard InChI is InChI=1S/C14H18FNO/c1-10-5-4-8-16(11(10)2)14-7-3-6-13(15)12(14)9-17/h3,6-7,9-11H,4-5,8H2,1-2H3. The highest BCUT2D eigenvalue weighted by Gasteiger charge is 2.26. The lowest BCUT2D eigenvalue weighted by atomic mass is 9.91. The third-order valence-electron chi connectivity index (χ3n) is 3.83. The third kappa shape index (κ3) is 2.19. The third-order valence-corrected chi connectivity index (χ3v) is 3.83. The van der Waals surface area contributed by atoms with E-state index in [1.54, 1.807) is 6.07 Å². The number of halogens is 1. The molecule has 1 fully saturated rings. The van der Waals surface area contributed by atoms with Crippen LogP contribution in [0, 0.1) is 11.7 Å². The molecule has 0 aromatic heterocycles. The van der Waals surface area contributed by atoms with E-state index >= 15 is 0 Å². The first-order chi connectivity index (χ1) is 8.15. The Morgan fingerprint density at radius 1 is 1.41 bits per heavy atom. The molecule has 1 aromatic carbocycles. The minimum absolute atomic E-state index is 0.188. The molecule has 1 aliphatic rings. The molecule has 3 heteroatoms. The van der Waals surface area contributed by atoms with Crippen molar-refractivity contribution in [3.8, 4) is 0 Å². The van der Waals surface area contributed by atoms with Crippen LogP contribution in [0.4, 0.5) is 10.1 Å². The second-order valence-corrected chi connectivity index (χ2v) is 4.84. The fourth-order valence-corrected chi connectivity index (χ4v) is 2.57. The van der Waals surface area contributed by atoms with Gasteiger partial charge in [-0.2, -0.15) is 0 Å². The molecule has 0 N–H and O–H groups in total. The Balaban J connectivity index is 2.39. The van der Waals surface area contributed by atoms with Crippen LogP contribution in [0.15, 0.2) is 18.2 Å². The summed E-state index contributed by atoms with van der Waals surface area (Å²) in [4.78, 5) is 13.2. The van der Waals surface area contributed by atoms with Crippen LogP contribution >= 0.6 is 0 Å². The first-order valence-electron chi connectivity index (χ1n) is 6.15. The summed E-state index contributed by atoms with van der Waals surface area (Å²) in [5.74, 6) is 0.148. The van der Waals surface area contributed by atoms with Crippen LogP contribution in [0.2, 0.25) is 0 Å². The summed E-state index contributed by atoms with van der Waals surface area (Å²) in [6, 6.07) is 5.19. The summed E-state index contributed by atoms with van der Waals surface area (Å²) in [6.07, 6.45) is 2.92. The molecule has 0 bridgehead atoms. The van der Waals surface area contributed by atoms with Crippen LogP contribution in [0.25, 0.3) is 0 Å². The molecule has 1 heterocycles. The molecular weight excluding hydrogens is 217 g/mol. The van der Waals surface area contributed by atoms with Gasteiger partial charge in [0.1, 0.15) is 5.82 Å². The zero-order valence-corrected chi connectivity index (χ0v) is 10.3. The lowest BCUT2D eigenvalue weighted by molar-refractivity contribution is 0.112. The fraction of sp³-hybridized carbons (Fsp3) is 0.500. The normalized spacial score (nSPS) is 24.8. The summed E-state index contributed by atoms with van der Waals surface area (Å²) in [7, 11) is 0. The minimum atomic E-state index is -0.428. The van der Waals surface area contributed by atoms with Crippen LogP contribution in [-0.2, 0) is 0 Å². The Hall–Kier alpha value is -1.38. The second kappa shape index (κ2) is 4.86. The number of anilines is 1. The van der Waals surface area contributed by atoms with Gasteiger partial charge in [-0.15, -0.1) is 0 Å². The average Bonchev–Trinajstić information content (AvgIpc) is 2.32. The average molecular weight is 235 g/mol. The van der Waals surface area contributed by atoms with E-state index in [0.29, 0.717) is 18.2 Å². The highest BCUT2D eigenvalue weighted by atomic mass is 19.1. The molecule has 2 nitrogen and oxygen atoms in total. The van der Waals surface area contributed by atoms with E-state index in [9.17, 15) is 9.18 Å². The zero-order chi connectivity index (χ0) is 12.4. The van der Waals surface area contributed by atoms with Gasteiger partial charge in [-0.1, -0.05) is 13.0 Å². The van der Waals surface area contributed by atoms with E-state index in [2.05, 4.69) is 18.7 Å². The van der Waals surface area contributed by atoms with Crippen LogP contribution in [0.5, 0.6) is 0 Å². The molecule has 0 spiro atoms. The lowest BCUT2D eigenvalue weighted by Gasteiger charge is -2.40. The zero-order valence-electron chi connectivity index (χ0n) is 10.3. The molecule has 2 atom stereocenters. The molecule has 0 saturated carbocycles. The van der Waals surface area contributed by atoms with Gasteiger partial charge in [0, 0.05) is 12.6 Å². The second-order valence-electron chi connectivity index (χ2n) is 4.84. The number of hydrogen-bond acceptors (Lipinski definition) is 2. The van der Waals surface area contributed by atoms with Gasteiger partial charge in [-0.25, -0.2) is 4.39 Å². The maximum absolute atomic E-state index is 13.6. The number of rotatable bonds is 2. The molecule has 1 aromatic rings. The Labute approximate surface area is 101 Å². The summed E-state index contributed by atoms with van der Waals surface area (Å²) in [5, 5.41) is 0. The van der Waals surface area contributed by atoms with Gasteiger partial charge in [0.05, 0.1) is 11.3 Å². The van der Waals surface area contributed by atoms with Gasteiger partial charge in [-0.3, -0.25) is 4.79 Å². The topological polar surface area (TPSA) is 20.3 Å². The number of carbonyl (C=O) groups excluding carboxylic acids is 1. The fourth-order valence-electron chi connectivity index (χ4n) is 2.57. The van der Waals surface area contributed by atoms with Crippen LogP contribution in [0.3, 0.4) is 0 Å². The van der Waals surface area contributed by atoms with Crippen molar-refractivity contribution >= 4 is 12.0 Å². The van der Waals surface area contributed by atoms with Crippen LogP contribution in [-0.4, -0.2) is 18.9 Å². The highest BCUT2D eigenvalue weighted by Crippen LogP contribution is 2.31. The quantitative estimate of drug-likeness (QED) is 0.733. The number of nitrogens with zero attached hydrogens (tertiary/aromatic N) is 1. The smallest absolute Gasteiger partial charge is 0.155 e. The largest absolute Gasteiger partial charge is 0.368 e. The molecule has 2 unspecified atom stereocenters. The van der Waals surface area contributed by atoms with Gasteiger partial charge in [-0.05, 0) is 37.8 Å². The molecule has 1 saturated heterocycles. The summed E-state index contributed by atoms with van der Waals surface area (Å²) in [6.45, 7) is 5.25. The number of aldehydes is 1. The van der Waals surface area contributed by atoms with Gasteiger partial charge in [0.2, 0.25) is 0 Å². The van der Waals surface area contributed by atoms with Crippen molar-refractivity contribution in [2.24, 2.45) is 5.92 Å². The van der Waals surface area contributed by atoms with Crippen molar-refractivity contribution in [1.29, 1.82) is 0 Å². The molecule has 0 aliphatic carbocycles. The highest BCUT2D eigenvalue weighted by molar-refractivity contribution is 5.85. The predicted octanol–water partition coefficient (Wildman–Crippen LogP) is 3.26. The lowest BCUT2D eigenvalue weighted by Crippen LogP contribution is -2.43. The number of hydrogen-bond donors (Lipinski definition) is 0. The molecule has 17 heavy (non-hydrogen) atoms. The Kier molecular flexibility index (Phi) is 3.46. The maximum atomic E-state index is 13.6. The van der Waals surface area contributed by atoms with E-state index in [1.165, 1.54) is 12.5 Å². The van der Waals surface area contributed by atoms with E-state index in [4.69, 9.17) is 0 Å². The SMILES string of the molecule is CC1CCCN(c2cccc(F)c2C=O)C1C. The van der Waals surface area contributed by atoms with Crippen molar-refractivity contribution in [1.82, 2.24) is 0 Å². The van der Waals surface area contributed by atoms with Gasteiger partial charge < -0.3 is 4.90 Å². The van der Waals surface area contributed by atoms with Gasteiger partial charge in [0.25, 0.3) is 0 Å². The predicted molar refractivity (Wildman–Crippen MR) is 67.0 cm³/mol. The van der Waals surface area contributed by atoms with E-state index < -0.39 is 5.82 Å². The van der Waals surface area contributed by atoms with E-state index in [0.717, 1.165) is 18.7 Å². The van der Waals surface area contributed by atoms with E-state index in [-0.39, 0.29) is 5.56 Å². The van der Waals surface area contributed by atoms with Crippen molar-refractivity contribution in [3.05, 3.63) is 29.6 Å². The van der Waals surface area contributed by atoms with E-state index in [1.807, 2.05) is 6.07 Å². The Morgan fingerprint density at radius 3 is 2.88 bits per heavy atom. The van der Waals surface area contributed by atoms with Crippen LogP contribution in [0.1, 0.15) is 37.0 Å². The molecular formula is C14H18FNO. The van der Waals surface area contributed by atoms with Gasteiger partial charge in [0.15, 0.2) is 6.29 Å². The molecule has 92 valence electrons. The van der Waals surface area contributed by atoms with Crippen LogP contribution < -0.4 is 4.90 Å². The molecule has 2 rings (SSSR count). The summed E-state index contributed by atoms with van der Waals surface area (Å²) in [5.41, 5.74) is 0.924. The Bertz CT molecular complexity index is 419. The minimum Gasteiger partial charge on any atom is -0.368 e. The summed E-state index contributed by atoms with van der Waals surface area (Å²) >= 11 is 0. The van der Waals surface area contributed by atoms with Crippen molar-refractivity contribution in [2.45, 2.75) is 32.7 Å². The first-order valence-corrected chi connectivity index (χ1v) is 6.15.